The van der Waals surface area contributed by atoms with Gasteiger partial charge >= 0.3 is 0 Å². The van der Waals surface area contributed by atoms with Crippen LogP contribution in [0.5, 0.6) is 5.75 Å². The van der Waals surface area contributed by atoms with E-state index in [2.05, 4.69) is 22.4 Å². The lowest BCUT2D eigenvalue weighted by molar-refractivity contribution is 0.306. The summed E-state index contributed by atoms with van der Waals surface area (Å²) in [6.07, 6.45) is 1.03. The first-order chi connectivity index (χ1) is 11.3. The zero-order chi connectivity index (χ0) is 15.9. The Morgan fingerprint density at radius 2 is 1.78 bits per heavy atom. The van der Waals surface area contributed by atoms with Gasteiger partial charge in [-0.25, -0.2) is 0 Å². The number of ether oxygens (including phenoxy) is 1. The Bertz CT molecular complexity index is 656. The van der Waals surface area contributed by atoms with Crippen LogP contribution in [0.2, 0.25) is 5.02 Å². The summed E-state index contributed by atoms with van der Waals surface area (Å²) in [5.41, 5.74) is 2.43. The lowest BCUT2D eigenvalue weighted by Crippen LogP contribution is -2.15. The fourth-order valence-electron chi connectivity index (χ4n) is 2.24. The lowest BCUT2D eigenvalue weighted by atomic mass is 10.2. The minimum absolute atomic E-state index is 0.553. The van der Waals surface area contributed by atoms with Crippen molar-refractivity contribution < 1.29 is 4.74 Å². The van der Waals surface area contributed by atoms with E-state index in [9.17, 15) is 0 Å². The first-order valence-corrected chi connectivity index (χ1v) is 9.03. The second-order valence-electron chi connectivity index (χ2n) is 5.27. The maximum atomic E-state index is 5.88. The molecule has 2 aromatic carbocycles. The Morgan fingerprint density at radius 1 is 1.04 bits per heavy atom. The second kappa shape index (κ2) is 8.27. The van der Waals surface area contributed by atoms with Gasteiger partial charge in [0.1, 0.15) is 12.4 Å². The summed E-state index contributed by atoms with van der Waals surface area (Å²) in [6, 6.07) is 16.0. The molecule has 1 aliphatic rings. The Labute approximate surface area is 146 Å². The molecule has 2 aromatic rings. The average molecular weight is 347 g/mol. The van der Waals surface area contributed by atoms with Gasteiger partial charge in [-0.2, -0.15) is 0 Å². The van der Waals surface area contributed by atoms with Crippen LogP contribution in [-0.2, 0) is 13.0 Å². The number of halogens is 1. The van der Waals surface area contributed by atoms with Crippen molar-refractivity contribution in [3.8, 4) is 5.75 Å². The number of thioether (sulfide) groups is 1. The van der Waals surface area contributed by atoms with Crippen LogP contribution in [0.25, 0.3) is 0 Å². The molecule has 3 nitrogen and oxygen atoms in total. The van der Waals surface area contributed by atoms with Gasteiger partial charge in [-0.1, -0.05) is 47.6 Å². The molecule has 0 saturated heterocycles. The van der Waals surface area contributed by atoms with Crippen molar-refractivity contribution in [2.24, 2.45) is 4.99 Å². The summed E-state index contributed by atoms with van der Waals surface area (Å²) in [5, 5.41) is 5.09. The summed E-state index contributed by atoms with van der Waals surface area (Å²) in [5.74, 6) is 1.93. The number of nitrogens with one attached hydrogen (secondary N) is 1. The van der Waals surface area contributed by atoms with E-state index in [4.69, 9.17) is 16.3 Å². The van der Waals surface area contributed by atoms with Gasteiger partial charge in [0.2, 0.25) is 0 Å². The van der Waals surface area contributed by atoms with Gasteiger partial charge in [0.05, 0.1) is 6.54 Å². The summed E-state index contributed by atoms with van der Waals surface area (Å²) in [7, 11) is 0. The van der Waals surface area contributed by atoms with Crippen LogP contribution in [0.3, 0.4) is 0 Å². The van der Waals surface area contributed by atoms with Crippen LogP contribution in [0, 0.1) is 0 Å². The highest BCUT2D eigenvalue weighted by atomic mass is 35.5. The normalized spacial score (nSPS) is 13.5. The van der Waals surface area contributed by atoms with Crippen molar-refractivity contribution in [3.63, 3.8) is 0 Å². The molecule has 0 atom stereocenters. The molecular formula is C18H19ClN2OS. The van der Waals surface area contributed by atoms with Crippen molar-refractivity contribution in [3.05, 3.63) is 64.7 Å². The van der Waals surface area contributed by atoms with E-state index in [1.807, 2.05) is 36.4 Å². The number of amidine groups is 1. The fraction of sp³-hybridized carbons (Fsp3) is 0.278. The predicted octanol–water partition coefficient (Wildman–Crippen LogP) is 4.15. The lowest BCUT2D eigenvalue weighted by Gasteiger charge is -2.08. The highest BCUT2D eigenvalue weighted by molar-refractivity contribution is 8.13. The van der Waals surface area contributed by atoms with E-state index in [1.165, 1.54) is 5.56 Å². The molecule has 0 aromatic heterocycles. The molecule has 1 heterocycles. The third-order valence-electron chi connectivity index (χ3n) is 3.52. The largest absolute Gasteiger partial charge is 0.489 e. The highest BCUT2D eigenvalue weighted by Gasteiger charge is 2.05. The van der Waals surface area contributed by atoms with Crippen molar-refractivity contribution in [1.29, 1.82) is 0 Å². The Kier molecular flexibility index (Phi) is 5.83. The summed E-state index contributed by atoms with van der Waals surface area (Å²) in [6.45, 7) is 2.43. The number of nitrogens with zero attached hydrogens (tertiary/aromatic N) is 1. The van der Waals surface area contributed by atoms with Crippen LogP contribution in [0.1, 0.15) is 11.1 Å². The topological polar surface area (TPSA) is 33.6 Å². The third-order valence-corrected chi connectivity index (χ3v) is 4.72. The van der Waals surface area contributed by atoms with Gasteiger partial charge in [0.25, 0.3) is 0 Å². The van der Waals surface area contributed by atoms with Crippen molar-refractivity contribution in [1.82, 2.24) is 5.32 Å². The zero-order valence-corrected chi connectivity index (χ0v) is 14.4. The van der Waals surface area contributed by atoms with E-state index in [1.54, 1.807) is 11.8 Å². The molecular weight excluding hydrogens is 328 g/mol. The van der Waals surface area contributed by atoms with Crippen LogP contribution in [-0.4, -0.2) is 24.0 Å². The molecule has 3 rings (SSSR count). The van der Waals surface area contributed by atoms with Gasteiger partial charge < -0.3 is 10.1 Å². The molecule has 0 unspecified atom stereocenters. The maximum absolute atomic E-state index is 5.88. The van der Waals surface area contributed by atoms with E-state index in [-0.39, 0.29) is 0 Å². The smallest absolute Gasteiger partial charge is 0.156 e. The predicted molar refractivity (Wildman–Crippen MR) is 98.7 cm³/mol. The number of aryl methyl sites for hydroxylation is 1. The van der Waals surface area contributed by atoms with Gasteiger partial charge in [0.15, 0.2) is 5.17 Å². The van der Waals surface area contributed by atoms with Gasteiger partial charge in [0, 0.05) is 17.3 Å². The molecule has 0 spiro atoms. The molecule has 0 saturated carbocycles. The van der Waals surface area contributed by atoms with Crippen molar-refractivity contribution in [2.75, 3.05) is 18.8 Å². The Morgan fingerprint density at radius 3 is 2.48 bits per heavy atom. The van der Waals surface area contributed by atoms with Crippen molar-refractivity contribution >= 4 is 28.5 Å². The van der Waals surface area contributed by atoms with E-state index in [0.29, 0.717) is 6.61 Å². The van der Waals surface area contributed by atoms with Crippen LogP contribution >= 0.6 is 23.4 Å². The molecule has 0 bridgehead atoms. The minimum Gasteiger partial charge on any atom is -0.489 e. The number of benzene rings is 2. The second-order valence-corrected chi connectivity index (χ2v) is 6.79. The van der Waals surface area contributed by atoms with Crippen molar-refractivity contribution in [2.45, 2.75) is 13.0 Å². The quantitative estimate of drug-likeness (QED) is 0.852. The SMILES string of the molecule is Clc1ccc(COc2ccc(CCSC3=NCCN3)cc2)cc1. The van der Waals surface area contributed by atoms with Crippen LogP contribution in [0.4, 0.5) is 0 Å². The average Bonchev–Trinajstić information content (AvgIpc) is 3.09. The number of hydrogen-bond acceptors (Lipinski definition) is 4. The van der Waals surface area contributed by atoms with Crippen LogP contribution < -0.4 is 10.1 Å². The summed E-state index contributed by atoms with van der Waals surface area (Å²) < 4.78 is 5.80. The molecule has 1 aliphatic heterocycles. The molecule has 120 valence electrons. The molecule has 0 radical (unpaired) electrons. The van der Waals surface area contributed by atoms with E-state index < -0.39 is 0 Å². The molecule has 23 heavy (non-hydrogen) atoms. The van der Waals surface area contributed by atoms with Gasteiger partial charge in [-0.3, -0.25) is 4.99 Å². The van der Waals surface area contributed by atoms with Gasteiger partial charge in [-0.05, 0) is 41.8 Å². The number of rotatable bonds is 6. The summed E-state index contributed by atoms with van der Waals surface area (Å²) in [4.78, 5) is 4.38. The molecule has 0 fully saturated rings. The first kappa shape index (κ1) is 16.2. The molecule has 0 aliphatic carbocycles. The van der Waals surface area contributed by atoms with Gasteiger partial charge in [-0.15, -0.1) is 0 Å². The third kappa shape index (κ3) is 5.19. The minimum atomic E-state index is 0.553. The highest BCUT2D eigenvalue weighted by Crippen LogP contribution is 2.17. The van der Waals surface area contributed by atoms with E-state index in [0.717, 1.165) is 46.8 Å². The monoisotopic (exact) mass is 346 g/mol. The summed E-state index contributed by atoms with van der Waals surface area (Å²) >= 11 is 7.66. The van der Waals surface area contributed by atoms with Crippen LogP contribution in [0.15, 0.2) is 53.5 Å². The maximum Gasteiger partial charge on any atom is 0.156 e. The molecule has 0 amide bonds. The molecule has 1 N–H and O–H groups in total. The zero-order valence-electron chi connectivity index (χ0n) is 12.8. The van der Waals surface area contributed by atoms with E-state index >= 15 is 0 Å². The Hall–Kier alpha value is -1.65. The number of aliphatic imine (C=N–C) groups is 1. The Balaban J connectivity index is 1.44. The molecule has 5 heteroatoms. The fourth-order valence-corrected chi connectivity index (χ4v) is 3.28. The first-order valence-electron chi connectivity index (χ1n) is 7.67. The standard InChI is InChI=1S/C18H19ClN2OS/c19-16-5-1-15(2-6-16)13-22-17-7-3-14(4-8-17)9-12-23-18-20-10-11-21-18/h1-8H,9-13H2,(H,20,21). The number of hydrogen-bond donors (Lipinski definition) is 1.